The summed E-state index contributed by atoms with van der Waals surface area (Å²) in [6.07, 6.45) is 64.3. The molecule has 0 amide bonds. The molecule has 0 N–H and O–H groups in total. The summed E-state index contributed by atoms with van der Waals surface area (Å²) in [7, 11) is 0. The fourth-order valence-electron chi connectivity index (χ4n) is 8.27. The van der Waals surface area contributed by atoms with Gasteiger partial charge in [0.25, 0.3) is 0 Å². The Labute approximate surface area is 404 Å². The van der Waals surface area contributed by atoms with Gasteiger partial charge < -0.3 is 14.2 Å². The van der Waals surface area contributed by atoms with Crippen LogP contribution in [0, 0.1) is 0 Å². The lowest BCUT2D eigenvalue weighted by Gasteiger charge is -2.18. The third-order valence-electron chi connectivity index (χ3n) is 12.6. The minimum absolute atomic E-state index is 0.0773. The first-order chi connectivity index (χ1) is 32.0. The average molecular weight is 914 g/mol. The first kappa shape index (κ1) is 62.6. The first-order valence-electron chi connectivity index (χ1n) is 28.5. The van der Waals surface area contributed by atoms with Crippen LogP contribution < -0.4 is 0 Å². The smallest absolute Gasteiger partial charge is 0.306 e. The van der Waals surface area contributed by atoms with Crippen molar-refractivity contribution in [1.82, 2.24) is 0 Å². The van der Waals surface area contributed by atoms with Gasteiger partial charge in [-0.2, -0.15) is 0 Å². The Hall–Kier alpha value is -2.37. The Bertz CT molecular complexity index is 1090. The first-order valence-corrected chi connectivity index (χ1v) is 28.5. The molecule has 0 bridgehead atoms. The highest BCUT2D eigenvalue weighted by molar-refractivity contribution is 5.71. The topological polar surface area (TPSA) is 78.9 Å². The van der Waals surface area contributed by atoms with E-state index >= 15 is 0 Å². The maximum absolute atomic E-state index is 12.8. The maximum Gasteiger partial charge on any atom is 0.306 e. The fourth-order valence-corrected chi connectivity index (χ4v) is 8.27. The average Bonchev–Trinajstić information content (AvgIpc) is 3.30. The lowest BCUT2D eigenvalue weighted by molar-refractivity contribution is -0.167. The molecule has 0 aromatic carbocycles. The Morgan fingerprint density at radius 3 is 0.908 bits per heavy atom. The van der Waals surface area contributed by atoms with E-state index in [1.807, 2.05) is 0 Å². The van der Waals surface area contributed by atoms with Gasteiger partial charge in [0.2, 0.25) is 0 Å². The molecule has 0 saturated carbocycles. The van der Waals surface area contributed by atoms with Crippen molar-refractivity contribution in [3.8, 4) is 0 Å². The van der Waals surface area contributed by atoms with Crippen molar-refractivity contribution in [2.45, 2.75) is 309 Å². The van der Waals surface area contributed by atoms with Gasteiger partial charge in [0, 0.05) is 19.3 Å². The molecule has 0 aromatic heterocycles. The van der Waals surface area contributed by atoms with Crippen molar-refractivity contribution >= 4 is 17.9 Å². The maximum atomic E-state index is 12.8. The Kier molecular flexibility index (Phi) is 52.3. The van der Waals surface area contributed by atoms with E-state index in [0.29, 0.717) is 19.3 Å². The number of carbonyl (C=O) groups excluding carboxylic acids is 3. The second-order valence-corrected chi connectivity index (χ2v) is 19.2. The molecule has 6 nitrogen and oxygen atoms in total. The molecule has 1 unspecified atom stereocenters. The Balaban J connectivity index is 4.24. The van der Waals surface area contributed by atoms with Gasteiger partial charge in [0.1, 0.15) is 13.2 Å². The number of unbranched alkanes of at least 4 members (excludes halogenated alkanes) is 35. The van der Waals surface area contributed by atoms with Crippen molar-refractivity contribution < 1.29 is 28.6 Å². The molecule has 0 rings (SSSR count). The number of hydrogen-bond donors (Lipinski definition) is 0. The van der Waals surface area contributed by atoms with Crippen LogP contribution in [0.15, 0.2) is 36.5 Å². The molecule has 0 heterocycles. The SMILES string of the molecule is CCCC/C=C\C/C=C\CCCCCCCC(=O)OC(COC(=O)CCCCCCC/C=C\CCCC)COC(=O)CCCCCCCCCCCCCCCCCCCCCCCC. The molecule has 6 heteroatoms. The van der Waals surface area contributed by atoms with Crippen LogP contribution in [0.3, 0.4) is 0 Å². The van der Waals surface area contributed by atoms with Gasteiger partial charge in [-0.05, 0) is 64.2 Å². The zero-order valence-corrected chi connectivity index (χ0v) is 43.5. The summed E-state index contributed by atoms with van der Waals surface area (Å²) < 4.78 is 16.8. The standard InChI is InChI=1S/C59H108O6/c1-4-7-10-13-16-19-22-24-26-27-28-29-30-31-32-33-35-37-40-43-46-49-52-58(61)64-55-56(54-63-57(60)51-48-45-42-39-36-21-18-15-12-9-6-3)65-59(62)53-50-47-44-41-38-34-25-23-20-17-14-11-8-5-2/h14-15,17-18,23,25,56H,4-13,16,19-22,24,26-55H2,1-3H3/b17-14-,18-15-,25-23-. The highest BCUT2D eigenvalue weighted by atomic mass is 16.6. The van der Waals surface area contributed by atoms with E-state index in [4.69, 9.17) is 14.2 Å². The van der Waals surface area contributed by atoms with E-state index in [1.165, 1.54) is 173 Å². The molecule has 0 aliphatic rings. The Morgan fingerprint density at radius 1 is 0.308 bits per heavy atom. The zero-order valence-electron chi connectivity index (χ0n) is 43.5. The lowest BCUT2D eigenvalue weighted by Crippen LogP contribution is -2.30. The van der Waals surface area contributed by atoms with Crippen LogP contribution >= 0.6 is 0 Å². The van der Waals surface area contributed by atoms with Crippen molar-refractivity contribution in [3.63, 3.8) is 0 Å². The summed E-state index contributed by atoms with van der Waals surface area (Å²) in [5.41, 5.74) is 0. The minimum Gasteiger partial charge on any atom is -0.462 e. The molecule has 65 heavy (non-hydrogen) atoms. The van der Waals surface area contributed by atoms with Gasteiger partial charge in [-0.3, -0.25) is 14.4 Å². The fraction of sp³-hybridized carbons (Fsp3) is 0.847. The minimum atomic E-state index is -0.779. The molecule has 0 aromatic rings. The second kappa shape index (κ2) is 54.2. The molecular formula is C59H108O6. The van der Waals surface area contributed by atoms with E-state index in [0.717, 1.165) is 89.9 Å². The van der Waals surface area contributed by atoms with Gasteiger partial charge in [-0.15, -0.1) is 0 Å². The van der Waals surface area contributed by atoms with Crippen LogP contribution in [0.25, 0.3) is 0 Å². The largest absolute Gasteiger partial charge is 0.462 e. The lowest BCUT2D eigenvalue weighted by atomic mass is 10.0. The van der Waals surface area contributed by atoms with Crippen molar-refractivity contribution in [2.24, 2.45) is 0 Å². The van der Waals surface area contributed by atoms with Crippen molar-refractivity contribution in [2.75, 3.05) is 13.2 Å². The van der Waals surface area contributed by atoms with Gasteiger partial charge in [0.15, 0.2) is 6.10 Å². The molecule has 1 atom stereocenters. The van der Waals surface area contributed by atoms with E-state index in [9.17, 15) is 14.4 Å². The summed E-state index contributed by atoms with van der Waals surface area (Å²) in [5.74, 6) is -0.888. The number of allylic oxidation sites excluding steroid dienone is 6. The normalized spacial score (nSPS) is 12.2. The number of ether oxygens (including phenoxy) is 3. The molecule has 0 aliphatic carbocycles. The second-order valence-electron chi connectivity index (χ2n) is 19.2. The molecule has 0 saturated heterocycles. The third-order valence-corrected chi connectivity index (χ3v) is 12.6. The number of carbonyl (C=O) groups is 3. The summed E-state index contributed by atoms with van der Waals surface area (Å²) in [5, 5.41) is 0. The summed E-state index contributed by atoms with van der Waals surface area (Å²) in [4.78, 5) is 38.0. The molecule has 0 fully saturated rings. The number of rotatable bonds is 52. The van der Waals surface area contributed by atoms with Crippen molar-refractivity contribution in [1.29, 1.82) is 0 Å². The highest BCUT2D eigenvalue weighted by Gasteiger charge is 2.19. The molecule has 380 valence electrons. The summed E-state index contributed by atoms with van der Waals surface area (Å²) in [6, 6.07) is 0. The molecular weight excluding hydrogens is 805 g/mol. The van der Waals surface area contributed by atoms with Crippen LogP contribution in [-0.2, 0) is 28.6 Å². The summed E-state index contributed by atoms with van der Waals surface area (Å²) in [6.45, 7) is 6.58. The van der Waals surface area contributed by atoms with Crippen LogP contribution in [0.4, 0.5) is 0 Å². The predicted octanol–water partition coefficient (Wildman–Crippen LogP) is 18.9. The van der Waals surface area contributed by atoms with Gasteiger partial charge in [0.05, 0.1) is 0 Å². The van der Waals surface area contributed by atoms with E-state index < -0.39 is 6.10 Å². The quantitative estimate of drug-likeness (QED) is 0.0262. The number of esters is 3. The molecule has 0 aliphatic heterocycles. The van der Waals surface area contributed by atoms with Gasteiger partial charge in [-0.1, -0.05) is 256 Å². The summed E-state index contributed by atoms with van der Waals surface area (Å²) >= 11 is 0. The third kappa shape index (κ3) is 52.5. The number of hydrogen-bond acceptors (Lipinski definition) is 6. The van der Waals surface area contributed by atoms with Crippen molar-refractivity contribution in [3.05, 3.63) is 36.5 Å². The van der Waals surface area contributed by atoms with E-state index in [1.54, 1.807) is 0 Å². The molecule has 0 spiro atoms. The van der Waals surface area contributed by atoms with Gasteiger partial charge >= 0.3 is 17.9 Å². The Morgan fingerprint density at radius 2 is 0.569 bits per heavy atom. The predicted molar refractivity (Wildman–Crippen MR) is 279 cm³/mol. The van der Waals surface area contributed by atoms with E-state index in [2.05, 4.69) is 57.2 Å². The van der Waals surface area contributed by atoms with Crippen LogP contribution in [0.1, 0.15) is 303 Å². The van der Waals surface area contributed by atoms with Crippen LogP contribution in [-0.4, -0.2) is 37.2 Å². The van der Waals surface area contributed by atoms with Crippen LogP contribution in [0.5, 0.6) is 0 Å². The molecule has 0 radical (unpaired) electrons. The highest BCUT2D eigenvalue weighted by Crippen LogP contribution is 2.17. The monoisotopic (exact) mass is 913 g/mol. The van der Waals surface area contributed by atoms with Gasteiger partial charge in [-0.25, -0.2) is 0 Å². The zero-order chi connectivity index (χ0) is 47.2. The van der Waals surface area contributed by atoms with E-state index in [-0.39, 0.29) is 31.1 Å². The van der Waals surface area contributed by atoms with Crippen LogP contribution in [0.2, 0.25) is 0 Å².